The van der Waals surface area contributed by atoms with Crippen LogP contribution >= 0.6 is 0 Å². The number of hydrogen-bond donors (Lipinski definition) is 2. The van der Waals surface area contributed by atoms with Gasteiger partial charge in [0.05, 0.1) is 6.21 Å². The monoisotopic (exact) mass is 220 g/mol. The molecule has 0 aliphatic heterocycles. The summed E-state index contributed by atoms with van der Waals surface area (Å²) >= 11 is 0. The number of amides is 1. The van der Waals surface area contributed by atoms with Crippen molar-refractivity contribution < 1.29 is 9.90 Å². The van der Waals surface area contributed by atoms with E-state index in [-0.39, 0.29) is 5.41 Å². The van der Waals surface area contributed by atoms with Gasteiger partial charge in [0.25, 0.3) is 0 Å². The predicted molar refractivity (Wildman–Crippen MR) is 63.9 cm³/mol. The van der Waals surface area contributed by atoms with Crippen LogP contribution in [0.15, 0.2) is 29.4 Å². The van der Waals surface area contributed by atoms with E-state index in [1.807, 2.05) is 29.7 Å². The van der Waals surface area contributed by atoms with E-state index < -0.39 is 6.09 Å². The van der Waals surface area contributed by atoms with Crippen LogP contribution in [0.4, 0.5) is 4.79 Å². The van der Waals surface area contributed by atoms with Crippen LogP contribution < -0.4 is 5.43 Å². The van der Waals surface area contributed by atoms with Gasteiger partial charge in [-0.15, -0.1) is 0 Å². The lowest BCUT2D eigenvalue weighted by molar-refractivity contribution is 0.195. The van der Waals surface area contributed by atoms with Crippen molar-refractivity contribution in [1.29, 1.82) is 0 Å². The van der Waals surface area contributed by atoms with Gasteiger partial charge in [0.15, 0.2) is 0 Å². The molecular weight excluding hydrogens is 204 g/mol. The van der Waals surface area contributed by atoms with Gasteiger partial charge in [-0.1, -0.05) is 45.0 Å². The van der Waals surface area contributed by atoms with E-state index in [1.54, 1.807) is 0 Å². The van der Waals surface area contributed by atoms with Crippen LogP contribution in [0.2, 0.25) is 0 Å². The molecule has 0 atom stereocenters. The first-order valence-corrected chi connectivity index (χ1v) is 5.02. The predicted octanol–water partition coefficient (Wildman–Crippen LogP) is 2.59. The molecule has 0 heterocycles. The molecule has 86 valence electrons. The molecule has 1 amide bonds. The first kappa shape index (κ1) is 12.2. The number of hydrogen-bond acceptors (Lipinski definition) is 2. The second-order valence-corrected chi connectivity index (χ2v) is 4.55. The van der Waals surface area contributed by atoms with Crippen molar-refractivity contribution in [3.63, 3.8) is 0 Å². The van der Waals surface area contributed by atoms with Gasteiger partial charge < -0.3 is 5.11 Å². The zero-order chi connectivity index (χ0) is 12.2. The lowest BCUT2D eigenvalue weighted by Gasteiger charge is -2.18. The van der Waals surface area contributed by atoms with Gasteiger partial charge in [0, 0.05) is 0 Å². The normalized spacial score (nSPS) is 11.7. The van der Waals surface area contributed by atoms with Crippen LogP contribution in [-0.2, 0) is 5.41 Å². The number of rotatable bonds is 2. The maximum Gasteiger partial charge on any atom is 0.425 e. The summed E-state index contributed by atoms with van der Waals surface area (Å²) in [5.74, 6) is 0. The molecular formula is C12H16N2O2. The summed E-state index contributed by atoms with van der Waals surface area (Å²) in [5, 5.41) is 11.9. The first-order valence-electron chi connectivity index (χ1n) is 5.02. The molecule has 0 aliphatic rings. The maximum atomic E-state index is 10.2. The number of nitrogens with zero attached hydrogens (tertiary/aromatic N) is 1. The number of hydrazone groups is 1. The lowest BCUT2D eigenvalue weighted by atomic mass is 9.87. The smallest absolute Gasteiger partial charge is 0.425 e. The molecule has 1 aromatic carbocycles. The fourth-order valence-corrected chi connectivity index (χ4v) is 1.23. The highest BCUT2D eigenvalue weighted by Crippen LogP contribution is 2.21. The van der Waals surface area contributed by atoms with E-state index in [2.05, 4.69) is 25.9 Å². The Labute approximate surface area is 95.0 Å². The summed E-state index contributed by atoms with van der Waals surface area (Å²) < 4.78 is 0. The molecule has 16 heavy (non-hydrogen) atoms. The van der Waals surface area contributed by atoms with Crippen LogP contribution in [0, 0.1) is 0 Å². The summed E-state index contributed by atoms with van der Waals surface area (Å²) in [6, 6.07) is 7.85. The molecule has 0 aromatic heterocycles. The summed E-state index contributed by atoms with van der Waals surface area (Å²) in [6.45, 7) is 6.42. The third-order valence-electron chi connectivity index (χ3n) is 2.15. The number of carboxylic acid groups (broad SMARTS) is 1. The van der Waals surface area contributed by atoms with Gasteiger partial charge in [-0.2, -0.15) is 5.10 Å². The van der Waals surface area contributed by atoms with Crippen molar-refractivity contribution in [1.82, 2.24) is 5.43 Å². The Hall–Kier alpha value is -1.84. The molecule has 1 rings (SSSR count). The van der Waals surface area contributed by atoms with Crippen molar-refractivity contribution in [2.45, 2.75) is 26.2 Å². The van der Waals surface area contributed by atoms with Crippen molar-refractivity contribution in [3.05, 3.63) is 35.4 Å². The summed E-state index contributed by atoms with van der Waals surface area (Å²) in [6.07, 6.45) is 0.308. The van der Waals surface area contributed by atoms with E-state index in [4.69, 9.17) is 5.11 Å². The third-order valence-corrected chi connectivity index (χ3v) is 2.15. The highest BCUT2D eigenvalue weighted by Gasteiger charge is 2.12. The molecule has 0 bridgehead atoms. The van der Waals surface area contributed by atoms with E-state index in [1.165, 1.54) is 11.8 Å². The highest BCUT2D eigenvalue weighted by molar-refractivity contribution is 5.80. The largest absolute Gasteiger partial charge is 0.464 e. The molecule has 4 heteroatoms. The maximum absolute atomic E-state index is 10.2. The third kappa shape index (κ3) is 3.73. The minimum atomic E-state index is -1.16. The molecule has 0 spiro atoms. The summed E-state index contributed by atoms with van der Waals surface area (Å²) in [4.78, 5) is 10.2. The molecule has 0 saturated carbocycles. The van der Waals surface area contributed by atoms with Crippen molar-refractivity contribution in [2.75, 3.05) is 0 Å². The van der Waals surface area contributed by atoms with Crippen LogP contribution in [0.25, 0.3) is 0 Å². The summed E-state index contributed by atoms with van der Waals surface area (Å²) in [7, 11) is 0. The molecule has 2 N–H and O–H groups in total. The zero-order valence-corrected chi connectivity index (χ0v) is 9.69. The van der Waals surface area contributed by atoms with Crippen LogP contribution in [0.3, 0.4) is 0 Å². The molecule has 0 fully saturated rings. The SMILES string of the molecule is CC(C)(C)c1ccc(C=NNC(=O)O)cc1. The van der Waals surface area contributed by atoms with E-state index in [0.717, 1.165) is 5.56 Å². The molecule has 0 radical (unpaired) electrons. The lowest BCUT2D eigenvalue weighted by Crippen LogP contribution is -2.13. The van der Waals surface area contributed by atoms with Crippen molar-refractivity contribution in [2.24, 2.45) is 5.10 Å². The second-order valence-electron chi connectivity index (χ2n) is 4.55. The fraction of sp³-hybridized carbons (Fsp3) is 0.333. The van der Waals surface area contributed by atoms with Gasteiger partial charge >= 0.3 is 6.09 Å². The van der Waals surface area contributed by atoms with E-state index in [9.17, 15) is 4.79 Å². The number of nitrogens with one attached hydrogen (secondary N) is 1. The standard InChI is InChI=1S/C12H16N2O2/c1-12(2,3)10-6-4-9(5-7-10)8-13-14-11(15)16/h4-8,14H,1-3H3,(H,15,16). The molecule has 1 aromatic rings. The minimum absolute atomic E-state index is 0.120. The fourth-order valence-electron chi connectivity index (χ4n) is 1.23. The van der Waals surface area contributed by atoms with Gasteiger partial charge in [-0.3, -0.25) is 0 Å². The quantitative estimate of drug-likeness (QED) is 0.594. The highest BCUT2D eigenvalue weighted by atomic mass is 16.4. The van der Waals surface area contributed by atoms with E-state index in [0.29, 0.717) is 0 Å². The Balaban J connectivity index is 2.72. The minimum Gasteiger partial charge on any atom is -0.464 e. The Morgan fingerprint density at radius 2 is 1.88 bits per heavy atom. The Morgan fingerprint density at radius 1 is 1.31 bits per heavy atom. The van der Waals surface area contributed by atoms with Gasteiger partial charge in [0.1, 0.15) is 0 Å². The van der Waals surface area contributed by atoms with Crippen molar-refractivity contribution >= 4 is 12.3 Å². The zero-order valence-electron chi connectivity index (χ0n) is 9.69. The average molecular weight is 220 g/mol. The van der Waals surface area contributed by atoms with E-state index >= 15 is 0 Å². The van der Waals surface area contributed by atoms with Crippen LogP contribution in [0.1, 0.15) is 31.9 Å². The second kappa shape index (κ2) is 4.79. The average Bonchev–Trinajstić information content (AvgIpc) is 2.16. The topological polar surface area (TPSA) is 61.7 Å². The summed E-state index contributed by atoms with van der Waals surface area (Å²) in [5.41, 5.74) is 4.14. The first-order chi connectivity index (χ1) is 7.39. The molecule has 0 unspecified atom stereocenters. The Bertz CT molecular complexity index is 388. The number of carbonyl (C=O) groups is 1. The van der Waals surface area contributed by atoms with Gasteiger partial charge in [-0.25, -0.2) is 10.2 Å². The Morgan fingerprint density at radius 3 is 2.31 bits per heavy atom. The molecule has 4 nitrogen and oxygen atoms in total. The van der Waals surface area contributed by atoms with Gasteiger partial charge in [-0.05, 0) is 16.5 Å². The molecule has 0 saturated heterocycles. The Kier molecular flexibility index (Phi) is 3.66. The van der Waals surface area contributed by atoms with Crippen LogP contribution in [0.5, 0.6) is 0 Å². The van der Waals surface area contributed by atoms with Gasteiger partial charge in [0.2, 0.25) is 0 Å². The van der Waals surface area contributed by atoms with Crippen LogP contribution in [-0.4, -0.2) is 17.4 Å². The molecule has 0 aliphatic carbocycles. The van der Waals surface area contributed by atoms with Crippen molar-refractivity contribution in [3.8, 4) is 0 Å². The number of benzene rings is 1.